The summed E-state index contributed by atoms with van der Waals surface area (Å²) in [5, 5.41) is 0. The Hall–Kier alpha value is -0.830. The molecule has 0 aromatic carbocycles. The Morgan fingerprint density at radius 3 is 2.78 bits per heavy atom. The Morgan fingerprint density at radius 1 is 1.33 bits per heavy atom. The molecule has 98 valence electrons. The minimum absolute atomic E-state index is 0.150. The molecule has 6 unspecified atom stereocenters. The number of rotatable bonds is 2. The van der Waals surface area contributed by atoms with Crippen molar-refractivity contribution >= 4 is 5.97 Å². The molecule has 3 nitrogen and oxygen atoms in total. The molecule has 3 fully saturated rings. The zero-order valence-corrected chi connectivity index (χ0v) is 10.8. The van der Waals surface area contributed by atoms with Crippen molar-refractivity contribution in [3.05, 3.63) is 12.2 Å². The molecule has 3 saturated carbocycles. The molecule has 4 rings (SSSR count). The van der Waals surface area contributed by atoms with Crippen LogP contribution in [0.25, 0.3) is 0 Å². The molecule has 4 bridgehead atoms. The first-order valence-corrected chi connectivity index (χ1v) is 7.29. The van der Waals surface area contributed by atoms with E-state index in [1.807, 2.05) is 6.92 Å². The Bertz CT molecular complexity index is 432. The summed E-state index contributed by atoms with van der Waals surface area (Å²) in [6, 6.07) is 0. The number of carbonyl (C=O) groups excluding carboxylic acids is 1. The molecule has 0 aromatic heterocycles. The van der Waals surface area contributed by atoms with Crippen LogP contribution in [0.2, 0.25) is 0 Å². The van der Waals surface area contributed by atoms with Gasteiger partial charge in [-0.1, -0.05) is 12.2 Å². The molecule has 7 atom stereocenters. The molecule has 3 heteroatoms. The van der Waals surface area contributed by atoms with Crippen LogP contribution in [0.15, 0.2) is 12.2 Å². The smallest absolute Gasteiger partial charge is 0.326 e. The van der Waals surface area contributed by atoms with E-state index >= 15 is 0 Å². The lowest BCUT2D eigenvalue weighted by Gasteiger charge is -2.41. The van der Waals surface area contributed by atoms with Gasteiger partial charge in [-0.3, -0.25) is 4.79 Å². The molecule has 0 spiro atoms. The molecule has 2 N–H and O–H groups in total. The van der Waals surface area contributed by atoms with Gasteiger partial charge in [-0.25, -0.2) is 0 Å². The van der Waals surface area contributed by atoms with Crippen LogP contribution in [0.5, 0.6) is 0 Å². The van der Waals surface area contributed by atoms with E-state index in [0.29, 0.717) is 30.3 Å². The van der Waals surface area contributed by atoms with Crippen molar-refractivity contribution in [1.82, 2.24) is 0 Å². The highest BCUT2D eigenvalue weighted by molar-refractivity contribution is 5.82. The quantitative estimate of drug-likeness (QED) is 0.459. The minimum atomic E-state index is -0.680. The summed E-state index contributed by atoms with van der Waals surface area (Å²) in [5.41, 5.74) is 5.78. The van der Waals surface area contributed by atoms with Crippen molar-refractivity contribution in [3.63, 3.8) is 0 Å². The Kier molecular flexibility index (Phi) is 2.07. The fourth-order valence-corrected chi connectivity index (χ4v) is 5.63. The second kappa shape index (κ2) is 3.38. The summed E-state index contributed by atoms with van der Waals surface area (Å²) < 4.78 is 5.23. The van der Waals surface area contributed by atoms with E-state index in [2.05, 4.69) is 12.2 Å². The Morgan fingerprint density at radius 2 is 2.06 bits per heavy atom. The first-order chi connectivity index (χ1) is 8.65. The third-order valence-corrected chi connectivity index (χ3v) is 6.07. The van der Waals surface area contributed by atoms with Gasteiger partial charge in [-0.05, 0) is 61.7 Å². The first kappa shape index (κ1) is 11.0. The van der Waals surface area contributed by atoms with Gasteiger partial charge in [-0.15, -0.1) is 0 Å². The lowest BCUT2D eigenvalue weighted by atomic mass is 9.66. The van der Waals surface area contributed by atoms with Crippen LogP contribution in [-0.2, 0) is 9.53 Å². The third-order valence-electron chi connectivity index (χ3n) is 6.07. The van der Waals surface area contributed by atoms with Crippen molar-refractivity contribution < 1.29 is 9.53 Å². The molecule has 0 aliphatic heterocycles. The molecule has 0 heterocycles. The van der Waals surface area contributed by atoms with Crippen LogP contribution < -0.4 is 5.73 Å². The second-order valence-electron chi connectivity index (χ2n) is 6.67. The number of allylic oxidation sites excluding steroid dienone is 2. The number of fused-ring (bicyclic) bond motifs is 9. The normalized spacial score (nSPS) is 55.0. The standard InChI is InChI=1S/C15H21NO2/c1-2-18-14(17)15(16)7-10-6-11(15)13-9-4-3-8(5-9)12(10)13/h3-4,8-13H,2,5-7,16H2,1H3/t8?,9?,10-,11?,12?,13?,15?/m0/s1. The van der Waals surface area contributed by atoms with Gasteiger partial charge >= 0.3 is 5.97 Å². The monoisotopic (exact) mass is 247 g/mol. The summed E-state index contributed by atoms with van der Waals surface area (Å²) in [6.07, 6.45) is 8.10. The number of ether oxygens (including phenoxy) is 1. The van der Waals surface area contributed by atoms with Crippen LogP contribution in [0, 0.1) is 35.5 Å². The number of carbonyl (C=O) groups is 1. The fraction of sp³-hybridized carbons (Fsp3) is 0.800. The van der Waals surface area contributed by atoms with Crippen LogP contribution in [0.4, 0.5) is 0 Å². The summed E-state index contributed by atoms with van der Waals surface area (Å²) in [7, 11) is 0. The molecule has 4 aliphatic rings. The summed E-state index contributed by atoms with van der Waals surface area (Å²) >= 11 is 0. The highest BCUT2D eigenvalue weighted by atomic mass is 16.5. The zero-order valence-electron chi connectivity index (χ0n) is 10.8. The van der Waals surface area contributed by atoms with Crippen molar-refractivity contribution in [1.29, 1.82) is 0 Å². The van der Waals surface area contributed by atoms with Crippen LogP contribution in [0.3, 0.4) is 0 Å². The molecule has 0 radical (unpaired) electrons. The van der Waals surface area contributed by atoms with E-state index in [9.17, 15) is 4.79 Å². The van der Waals surface area contributed by atoms with Gasteiger partial charge in [-0.2, -0.15) is 0 Å². The SMILES string of the molecule is CCOC(=O)C1(N)C[C@@H]2CC1C1C3C=CC(C3)C12. The number of esters is 1. The molecular weight excluding hydrogens is 226 g/mol. The maximum Gasteiger partial charge on any atom is 0.326 e. The van der Waals surface area contributed by atoms with Gasteiger partial charge in [0.25, 0.3) is 0 Å². The van der Waals surface area contributed by atoms with E-state index in [1.54, 1.807) is 0 Å². The molecule has 4 aliphatic carbocycles. The lowest BCUT2D eigenvalue weighted by molar-refractivity contribution is -0.153. The number of hydrogen-bond acceptors (Lipinski definition) is 3. The average Bonchev–Trinajstić information content (AvgIpc) is 3.05. The van der Waals surface area contributed by atoms with Crippen LogP contribution in [0.1, 0.15) is 26.2 Å². The number of nitrogens with two attached hydrogens (primary N) is 1. The molecule has 0 saturated heterocycles. The topological polar surface area (TPSA) is 52.3 Å². The van der Waals surface area contributed by atoms with Crippen molar-refractivity contribution in [2.45, 2.75) is 31.7 Å². The maximum absolute atomic E-state index is 12.2. The molecule has 0 aromatic rings. The highest BCUT2D eigenvalue weighted by Crippen LogP contribution is 2.67. The first-order valence-electron chi connectivity index (χ1n) is 7.29. The Balaban J connectivity index is 1.65. The van der Waals surface area contributed by atoms with Gasteiger partial charge in [0.15, 0.2) is 0 Å². The van der Waals surface area contributed by atoms with Crippen molar-refractivity contribution in [2.75, 3.05) is 6.61 Å². The largest absolute Gasteiger partial charge is 0.465 e. The van der Waals surface area contributed by atoms with Gasteiger partial charge in [0.2, 0.25) is 0 Å². The van der Waals surface area contributed by atoms with E-state index < -0.39 is 5.54 Å². The third kappa shape index (κ3) is 1.12. The van der Waals surface area contributed by atoms with Crippen molar-refractivity contribution in [3.8, 4) is 0 Å². The predicted octanol–water partition coefficient (Wildman–Crippen LogP) is 1.73. The van der Waals surface area contributed by atoms with E-state index in [4.69, 9.17) is 10.5 Å². The van der Waals surface area contributed by atoms with Crippen molar-refractivity contribution in [2.24, 2.45) is 41.2 Å². The minimum Gasteiger partial charge on any atom is -0.465 e. The number of hydrogen-bond donors (Lipinski definition) is 1. The van der Waals surface area contributed by atoms with Gasteiger partial charge < -0.3 is 10.5 Å². The maximum atomic E-state index is 12.2. The summed E-state index contributed by atoms with van der Waals surface area (Å²) in [6.45, 7) is 2.30. The summed E-state index contributed by atoms with van der Waals surface area (Å²) in [4.78, 5) is 12.2. The zero-order chi connectivity index (χ0) is 12.5. The van der Waals surface area contributed by atoms with Gasteiger partial charge in [0.1, 0.15) is 5.54 Å². The van der Waals surface area contributed by atoms with E-state index in [-0.39, 0.29) is 5.97 Å². The molecular formula is C15H21NO2. The lowest BCUT2D eigenvalue weighted by Crippen LogP contribution is -2.57. The fourth-order valence-electron chi connectivity index (χ4n) is 5.63. The molecule has 0 amide bonds. The molecule has 18 heavy (non-hydrogen) atoms. The van der Waals surface area contributed by atoms with E-state index in [1.165, 1.54) is 6.42 Å². The highest BCUT2D eigenvalue weighted by Gasteiger charge is 2.67. The average molecular weight is 247 g/mol. The predicted molar refractivity (Wildman–Crippen MR) is 67.5 cm³/mol. The van der Waals surface area contributed by atoms with Crippen LogP contribution >= 0.6 is 0 Å². The Labute approximate surface area is 108 Å². The summed E-state index contributed by atoms with van der Waals surface area (Å²) in [5.74, 6) is 3.82. The second-order valence-corrected chi connectivity index (χ2v) is 6.67. The van der Waals surface area contributed by atoms with Gasteiger partial charge in [0.05, 0.1) is 6.61 Å². The van der Waals surface area contributed by atoms with Gasteiger partial charge in [0, 0.05) is 0 Å². The van der Waals surface area contributed by atoms with Crippen LogP contribution in [-0.4, -0.2) is 18.1 Å². The van der Waals surface area contributed by atoms with E-state index in [0.717, 1.165) is 24.7 Å².